The topological polar surface area (TPSA) is 64.3 Å². The largest absolute Gasteiger partial charge is 0.368 e. The molecule has 2 atom stereocenters. The van der Waals surface area contributed by atoms with Crippen molar-refractivity contribution in [3.05, 3.63) is 0 Å². The van der Waals surface area contributed by atoms with Gasteiger partial charge in [-0.25, -0.2) is 0 Å². The first-order valence-corrected chi connectivity index (χ1v) is 5.87. The Kier molecular flexibility index (Phi) is 5.65. The molecule has 2 unspecified atom stereocenters. The Balaban J connectivity index is 2.19. The fourth-order valence-corrected chi connectivity index (χ4v) is 1.83. The van der Waals surface area contributed by atoms with Gasteiger partial charge < -0.3 is 15.8 Å². The molecule has 1 rings (SSSR count). The summed E-state index contributed by atoms with van der Waals surface area (Å²) in [5, 5.41) is 2.94. The second kappa shape index (κ2) is 6.80. The summed E-state index contributed by atoms with van der Waals surface area (Å²) >= 11 is 0. The summed E-state index contributed by atoms with van der Waals surface area (Å²) in [5.74, 6) is 0.545. The molecule has 1 saturated heterocycles. The molecule has 0 bridgehead atoms. The molecule has 0 aromatic heterocycles. The summed E-state index contributed by atoms with van der Waals surface area (Å²) in [6.45, 7) is 4.26. The third kappa shape index (κ3) is 4.18. The highest BCUT2D eigenvalue weighted by Gasteiger charge is 2.23. The lowest BCUT2D eigenvalue weighted by Crippen LogP contribution is -2.37. The quantitative estimate of drug-likeness (QED) is 0.682. The number of amides is 1. The fourth-order valence-electron chi connectivity index (χ4n) is 1.83. The summed E-state index contributed by atoms with van der Waals surface area (Å²) in [6.07, 6.45) is 3.68. The molecule has 4 nitrogen and oxygen atoms in total. The van der Waals surface area contributed by atoms with Crippen LogP contribution in [0.3, 0.4) is 0 Å². The second-order valence-electron chi connectivity index (χ2n) is 4.10. The number of carbonyl (C=O) groups excluding carboxylic acids is 1. The maximum Gasteiger partial charge on any atom is 0.249 e. The van der Waals surface area contributed by atoms with Crippen molar-refractivity contribution >= 4 is 5.91 Å². The minimum Gasteiger partial charge on any atom is -0.368 e. The molecule has 1 aliphatic rings. The Bertz CT molecular complexity index is 191. The van der Waals surface area contributed by atoms with Crippen LogP contribution in [0.1, 0.15) is 32.6 Å². The van der Waals surface area contributed by atoms with Crippen LogP contribution in [0, 0.1) is 5.92 Å². The molecule has 0 saturated carbocycles. The number of hydrogen-bond donors (Lipinski definition) is 2. The Morgan fingerprint density at radius 1 is 1.67 bits per heavy atom. The van der Waals surface area contributed by atoms with Crippen molar-refractivity contribution < 1.29 is 9.53 Å². The lowest BCUT2D eigenvalue weighted by molar-refractivity contribution is -0.130. The van der Waals surface area contributed by atoms with E-state index in [9.17, 15) is 4.79 Å². The predicted molar refractivity (Wildman–Crippen MR) is 59.4 cm³/mol. The van der Waals surface area contributed by atoms with Gasteiger partial charge in [-0.3, -0.25) is 4.79 Å². The number of nitrogens with two attached hydrogens (primary N) is 1. The highest BCUT2D eigenvalue weighted by molar-refractivity contribution is 5.80. The van der Waals surface area contributed by atoms with E-state index in [0.29, 0.717) is 12.5 Å². The van der Waals surface area contributed by atoms with E-state index >= 15 is 0 Å². The van der Waals surface area contributed by atoms with Gasteiger partial charge in [-0.1, -0.05) is 13.3 Å². The molecule has 1 aliphatic heterocycles. The van der Waals surface area contributed by atoms with Crippen LogP contribution in [-0.4, -0.2) is 31.7 Å². The summed E-state index contributed by atoms with van der Waals surface area (Å²) in [4.78, 5) is 11.6. The van der Waals surface area contributed by atoms with Crippen LogP contribution in [-0.2, 0) is 9.53 Å². The molecule has 1 fully saturated rings. The van der Waals surface area contributed by atoms with Gasteiger partial charge in [-0.15, -0.1) is 0 Å². The molecule has 0 aliphatic carbocycles. The molecule has 0 aromatic carbocycles. The Labute approximate surface area is 91.5 Å². The monoisotopic (exact) mass is 214 g/mol. The second-order valence-corrected chi connectivity index (χ2v) is 4.10. The normalized spacial score (nSPS) is 22.7. The maximum absolute atomic E-state index is 11.6. The molecular weight excluding hydrogens is 192 g/mol. The van der Waals surface area contributed by atoms with Gasteiger partial charge in [0.25, 0.3) is 0 Å². The van der Waals surface area contributed by atoms with Gasteiger partial charge in [0.15, 0.2) is 0 Å². The van der Waals surface area contributed by atoms with E-state index < -0.39 is 0 Å². The van der Waals surface area contributed by atoms with E-state index in [1.807, 2.05) is 0 Å². The molecule has 1 amide bonds. The van der Waals surface area contributed by atoms with E-state index in [-0.39, 0.29) is 12.0 Å². The standard InChI is InChI=1S/C11H22N2O2/c1-2-9(5-6-12)8-13-11(14)10-4-3-7-15-10/h9-10H,2-8,12H2,1H3,(H,13,14). The van der Waals surface area contributed by atoms with Crippen LogP contribution in [0.15, 0.2) is 0 Å². The zero-order valence-electron chi connectivity index (χ0n) is 9.50. The van der Waals surface area contributed by atoms with E-state index in [0.717, 1.165) is 38.8 Å². The number of hydrogen-bond acceptors (Lipinski definition) is 3. The molecule has 15 heavy (non-hydrogen) atoms. The average Bonchev–Trinajstić information content (AvgIpc) is 2.77. The first-order chi connectivity index (χ1) is 7.27. The highest BCUT2D eigenvalue weighted by Crippen LogP contribution is 2.12. The molecule has 1 heterocycles. The van der Waals surface area contributed by atoms with Crippen LogP contribution in [0.2, 0.25) is 0 Å². The zero-order valence-corrected chi connectivity index (χ0v) is 9.50. The first kappa shape index (κ1) is 12.5. The van der Waals surface area contributed by atoms with Crippen molar-refractivity contribution in [1.82, 2.24) is 5.32 Å². The Morgan fingerprint density at radius 2 is 2.47 bits per heavy atom. The van der Waals surface area contributed by atoms with Gasteiger partial charge in [0.05, 0.1) is 0 Å². The maximum atomic E-state index is 11.6. The molecule has 0 radical (unpaired) electrons. The summed E-state index contributed by atoms with van der Waals surface area (Å²) in [5.41, 5.74) is 5.50. The number of carbonyl (C=O) groups is 1. The minimum absolute atomic E-state index is 0.0444. The fraction of sp³-hybridized carbons (Fsp3) is 0.909. The number of rotatable bonds is 6. The van der Waals surface area contributed by atoms with Gasteiger partial charge in [0.2, 0.25) is 5.91 Å². The average molecular weight is 214 g/mol. The molecular formula is C11H22N2O2. The van der Waals surface area contributed by atoms with Crippen LogP contribution >= 0.6 is 0 Å². The van der Waals surface area contributed by atoms with Crippen molar-refractivity contribution in [2.24, 2.45) is 11.7 Å². The van der Waals surface area contributed by atoms with Gasteiger partial charge in [-0.2, -0.15) is 0 Å². The van der Waals surface area contributed by atoms with Crippen molar-refractivity contribution in [3.8, 4) is 0 Å². The van der Waals surface area contributed by atoms with Gasteiger partial charge in [0, 0.05) is 13.2 Å². The number of ether oxygens (including phenoxy) is 1. The van der Waals surface area contributed by atoms with E-state index in [4.69, 9.17) is 10.5 Å². The van der Waals surface area contributed by atoms with Crippen molar-refractivity contribution in [3.63, 3.8) is 0 Å². The van der Waals surface area contributed by atoms with Crippen molar-refractivity contribution in [2.45, 2.75) is 38.7 Å². The summed E-state index contributed by atoms with van der Waals surface area (Å²) < 4.78 is 5.30. The van der Waals surface area contributed by atoms with E-state index in [1.165, 1.54) is 0 Å². The predicted octanol–water partition coefficient (Wildman–Crippen LogP) is 0.657. The van der Waals surface area contributed by atoms with Crippen molar-refractivity contribution in [1.29, 1.82) is 0 Å². The van der Waals surface area contributed by atoms with Crippen LogP contribution in [0.25, 0.3) is 0 Å². The smallest absolute Gasteiger partial charge is 0.249 e. The summed E-state index contributed by atoms with van der Waals surface area (Å²) in [7, 11) is 0. The summed E-state index contributed by atoms with van der Waals surface area (Å²) in [6, 6.07) is 0. The van der Waals surface area contributed by atoms with Crippen LogP contribution < -0.4 is 11.1 Å². The third-order valence-corrected chi connectivity index (χ3v) is 2.94. The lowest BCUT2D eigenvalue weighted by Gasteiger charge is -2.16. The first-order valence-electron chi connectivity index (χ1n) is 5.87. The SMILES string of the molecule is CCC(CCN)CNC(=O)C1CCCO1. The van der Waals surface area contributed by atoms with Gasteiger partial charge in [0.1, 0.15) is 6.10 Å². The molecule has 3 N–H and O–H groups in total. The molecule has 88 valence electrons. The lowest BCUT2D eigenvalue weighted by atomic mass is 10.0. The van der Waals surface area contributed by atoms with Crippen LogP contribution in [0.4, 0.5) is 0 Å². The highest BCUT2D eigenvalue weighted by atomic mass is 16.5. The minimum atomic E-state index is -0.208. The van der Waals surface area contributed by atoms with E-state index in [2.05, 4.69) is 12.2 Å². The third-order valence-electron chi connectivity index (χ3n) is 2.94. The number of nitrogens with one attached hydrogen (secondary N) is 1. The van der Waals surface area contributed by atoms with Crippen molar-refractivity contribution in [2.75, 3.05) is 19.7 Å². The van der Waals surface area contributed by atoms with E-state index in [1.54, 1.807) is 0 Å². The van der Waals surface area contributed by atoms with Gasteiger partial charge in [-0.05, 0) is 31.7 Å². The Morgan fingerprint density at radius 3 is 3.00 bits per heavy atom. The molecule has 0 aromatic rings. The Hall–Kier alpha value is -0.610. The molecule has 4 heteroatoms. The van der Waals surface area contributed by atoms with Crippen LogP contribution in [0.5, 0.6) is 0 Å². The zero-order chi connectivity index (χ0) is 11.1. The van der Waals surface area contributed by atoms with Gasteiger partial charge >= 0.3 is 0 Å². The molecule has 0 spiro atoms.